The van der Waals surface area contributed by atoms with Crippen molar-refractivity contribution in [3.63, 3.8) is 0 Å². The van der Waals surface area contributed by atoms with Crippen LogP contribution < -0.4 is 10.0 Å². The molecule has 0 fully saturated rings. The lowest BCUT2D eigenvalue weighted by molar-refractivity contribution is 0.541. The van der Waals surface area contributed by atoms with Crippen LogP contribution in [0.1, 0.15) is 25.1 Å². The molecule has 0 radical (unpaired) electrons. The highest BCUT2D eigenvalue weighted by atomic mass is 32.2. The Morgan fingerprint density at radius 2 is 2.25 bits per heavy atom. The second-order valence-electron chi connectivity index (χ2n) is 3.61. The number of hydrogen-bond acceptors (Lipinski definition) is 5. The van der Waals surface area contributed by atoms with Crippen molar-refractivity contribution in [1.29, 1.82) is 0 Å². The minimum Gasteiger partial charge on any atom is -0.309 e. The van der Waals surface area contributed by atoms with Crippen molar-refractivity contribution < 1.29 is 8.42 Å². The Kier molecular flexibility index (Phi) is 5.33. The maximum Gasteiger partial charge on any atom is 0.208 e. The molecular weight excluding hydrogens is 246 g/mol. The molecule has 1 aromatic heterocycles. The molecule has 16 heavy (non-hydrogen) atoms. The molecule has 5 nitrogen and oxygen atoms in total. The molecule has 1 heterocycles. The van der Waals surface area contributed by atoms with Gasteiger partial charge in [-0.2, -0.15) is 0 Å². The minimum atomic E-state index is -3.06. The van der Waals surface area contributed by atoms with Crippen molar-refractivity contribution in [2.45, 2.75) is 19.4 Å². The molecule has 0 saturated carbocycles. The highest BCUT2D eigenvalue weighted by Crippen LogP contribution is 2.11. The van der Waals surface area contributed by atoms with E-state index >= 15 is 0 Å². The molecule has 1 atom stereocenters. The molecule has 0 amide bonds. The Morgan fingerprint density at radius 3 is 2.81 bits per heavy atom. The fourth-order valence-corrected chi connectivity index (χ4v) is 2.37. The molecule has 0 saturated heterocycles. The molecule has 0 aliphatic carbocycles. The number of aromatic nitrogens is 1. The molecule has 1 unspecified atom stereocenters. The van der Waals surface area contributed by atoms with Crippen LogP contribution in [0.25, 0.3) is 0 Å². The summed E-state index contributed by atoms with van der Waals surface area (Å²) >= 11 is 1.57. The van der Waals surface area contributed by atoms with E-state index in [2.05, 4.69) is 15.0 Å². The van der Waals surface area contributed by atoms with Crippen LogP contribution in [-0.2, 0) is 10.0 Å². The van der Waals surface area contributed by atoms with E-state index in [9.17, 15) is 8.42 Å². The van der Waals surface area contributed by atoms with Crippen LogP contribution in [0.4, 0.5) is 0 Å². The quantitative estimate of drug-likeness (QED) is 0.712. The van der Waals surface area contributed by atoms with Gasteiger partial charge < -0.3 is 5.32 Å². The zero-order valence-corrected chi connectivity index (χ0v) is 11.1. The van der Waals surface area contributed by atoms with Crippen LogP contribution >= 0.6 is 11.3 Å². The summed E-state index contributed by atoms with van der Waals surface area (Å²) in [6.45, 7) is 3.27. The first-order valence-corrected chi connectivity index (χ1v) is 7.88. The highest BCUT2D eigenvalue weighted by Gasteiger charge is 2.05. The SMILES string of the molecule is CC(NCCCNS(C)(=O)=O)c1cscn1. The number of nitrogens with one attached hydrogen (secondary N) is 2. The van der Waals surface area contributed by atoms with Gasteiger partial charge in [0.2, 0.25) is 10.0 Å². The van der Waals surface area contributed by atoms with Crippen molar-refractivity contribution in [2.75, 3.05) is 19.3 Å². The van der Waals surface area contributed by atoms with E-state index in [0.29, 0.717) is 6.54 Å². The van der Waals surface area contributed by atoms with Crippen molar-refractivity contribution in [3.8, 4) is 0 Å². The molecule has 1 aromatic rings. The molecule has 0 aliphatic heterocycles. The summed E-state index contributed by atoms with van der Waals surface area (Å²) in [6, 6.07) is 0.212. The first-order valence-electron chi connectivity index (χ1n) is 5.05. The first kappa shape index (κ1) is 13.6. The van der Waals surface area contributed by atoms with E-state index in [1.165, 1.54) is 6.26 Å². The van der Waals surface area contributed by atoms with Gasteiger partial charge >= 0.3 is 0 Å². The summed E-state index contributed by atoms with van der Waals surface area (Å²) in [5.74, 6) is 0. The Hall–Kier alpha value is -0.500. The van der Waals surface area contributed by atoms with E-state index in [1.54, 1.807) is 16.8 Å². The van der Waals surface area contributed by atoms with Gasteiger partial charge in [0.1, 0.15) is 0 Å². The third-order valence-corrected chi connectivity index (χ3v) is 3.40. The molecule has 2 N–H and O–H groups in total. The summed E-state index contributed by atoms with van der Waals surface area (Å²) in [6.07, 6.45) is 1.93. The number of hydrogen-bond donors (Lipinski definition) is 2. The third kappa shape index (κ3) is 5.55. The topological polar surface area (TPSA) is 71.1 Å². The van der Waals surface area contributed by atoms with Gasteiger partial charge in [-0.3, -0.25) is 0 Å². The normalized spacial score (nSPS) is 13.9. The summed E-state index contributed by atoms with van der Waals surface area (Å²) in [4.78, 5) is 4.20. The van der Waals surface area contributed by atoms with Crippen LogP contribution in [0, 0.1) is 0 Å². The molecule has 0 aromatic carbocycles. The fourth-order valence-electron chi connectivity index (χ4n) is 1.20. The molecular formula is C9H17N3O2S2. The molecule has 92 valence electrons. The summed E-state index contributed by atoms with van der Waals surface area (Å²) in [5, 5.41) is 5.29. The van der Waals surface area contributed by atoms with E-state index in [4.69, 9.17) is 0 Å². The van der Waals surface area contributed by atoms with Crippen molar-refractivity contribution in [2.24, 2.45) is 0 Å². The monoisotopic (exact) mass is 263 g/mol. The number of sulfonamides is 1. The van der Waals surface area contributed by atoms with E-state index in [1.807, 2.05) is 12.3 Å². The molecule has 7 heteroatoms. The number of nitrogens with zero attached hydrogens (tertiary/aromatic N) is 1. The van der Waals surface area contributed by atoms with Gasteiger partial charge in [-0.1, -0.05) is 0 Å². The van der Waals surface area contributed by atoms with Crippen LogP contribution in [0.5, 0.6) is 0 Å². The predicted octanol–water partition coefficient (Wildman–Crippen LogP) is 0.733. The minimum absolute atomic E-state index is 0.212. The lowest BCUT2D eigenvalue weighted by Gasteiger charge is -2.11. The van der Waals surface area contributed by atoms with Gasteiger partial charge in [0.15, 0.2) is 0 Å². The summed E-state index contributed by atoms with van der Waals surface area (Å²) in [7, 11) is -3.06. The average Bonchev–Trinajstić information content (AvgIpc) is 2.67. The largest absolute Gasteiger partial charge is 0.309 e. The molecule has 0 aliphatic rings. The zero-order chi connectivity index (χ0) is 12.0. The van der Waals surface area contributed by atoms with Gasteiger partial charge in [0.25, 0.3) is 0 Å². The molecule has 1 rings (SSSR count). The van der Waals surface area contributed by atoms with E-state index in [0.717, 1.165) is 18.7 Å². The van der Waals surface area contributed by atoms with Crippen molar-refractivity contribution >= 4 is 21.4 Å². The van der Waals surface area contributed by atoms with Crippen LogP contribution in [0.15, 0.2) is 10.9 Å². The van der Waals surface area contributed by atoms with Gasteiger partial charge in [-0.05, 0) is 19.9 Å². The Bertz CT molecular complexity index is 389. The summed E-state index contributed by atoms with van der Waals surface area (Å²) < 4.78 is 24.0. The lowest BCUT2D eigenvalue weighted by atomic mass is 10.2. The first-order chi connectivity index (χ1) is 7.49. The van der Waals surface area contributed by atoms with Crippen LogP contribution in [0.3, 0.4) is 0 Å². The van der Waals surface area contributed by atoms with E-state index in [-0.39, 0.29) is 6.04 Å². The molecule has 0 spiro atoms. The Labute approximate surface area is 100 Å². The van der Waals surface area contributed by atoms with Crippen LogP contribution in [-0.4, -0.2) is 32.7 Å². The standard InChI is InChI=1S/C9H17N3O2S2/c1-8(9-6-15-7-11-9)10-4-3-5-12-16(2,13)14/h6-8,10,12H,3-5H2,1-2H3. The van der Waals surface area contributed by atoms with Gasteiger partial charge in [0.05, 0.1) is 17.5 Å². The average molecular weight is 263 g/mol. The third-order valence-electron chi connectivity index (χ3n) is 2.06. The van der Waals surface area contributed by atoms with Crippen molar-refractivity contribution in [1.82, 2.24) is 15.0 Å². The highest BCUT2D eigenvalue weighted by molar-refractivity contribution is 7.88. The molecule has 0 bridgehead atoms. The Balaban J connectivity index is 2.12. The van der Waals surface area contributed by atoms with Gasteiger partial charge in [-0.25, -0.2) is 18.1 Å². The second kappa shape index (κ2) is 6.29. The van der Waals surface area contributed by atoms with Gasteiger partial charge in [-0.15, -0.1) is 11.3 Å². The number of rotatable bonds is 7. The second-order valence-corrected chi connectivity index (χ2v) is 6.16. The van der Waals surface area contributed by atoms with Crippen LogP contribution in [0.2, 0.25) is 0 Å². The number of thiazole rings is 1. The maximum atomic E-state index is 10.8. The van der Waals surface area contributed by atoms with E-state index < -0.39 is 10.0 Å². The predicted molar refractivity (Wildman–Crippen MR) is 66.0 cm³/mol. The summed E-state index contributed by atoms with van der Waals surface area (Å²) in [5.41, 5.74) is 2.83. The van der Waals surface area contributed by atoms with Gasteiger partial charge in [0, 0.05) is 18.0 Å². The zero-order valence-electron chi connectivity index (χ0n) is 9.43. The smallest absolute Gasteiger partial charge is 0.208 e. The Morgan fingerprint density at radius 1 is 1.50 bits per heavy atom. The lowest BCUT2D eigenvalue weighted by Crippen LogP contribution is -2.27. The fraction of sp³-hybridized carbons (Fsp3) is 0.667. The maximum absolute atomic E-state index is 10.8. The van der Waals surface area contributed by atoms with Crippen molar-refractivity contribution in [3.05, 3.63) is 16.6 Å².